The minimum Gasteiger partial charge on any atom is -0.369 e. The lowest BCUT2D eigenvalue weighted by molar-refractivity contribution is -0.112. The maximum atomic E-state index is 14.4. The van der Waals surface area contributed by atoms with Crippen LogP contribution in [0, 0.1) is 5.82 Å². The number of nitrogens with two attached hydrogens (primary N) is 1. The number of amides is 1. The van der Waals surface area contributed by atoms with Gasteiger partial charge in [-0.05, 0) is 43.7 Å². The maximum absolute atomic E-state index is 14.4. The molecule has 11 heteroatoms. The van der Waals surface area contributed by atoms with Gasteiger partial charge in [0.25, 0.3) is 5.91 Å². The topological polar surface area (TPSA) is 87.8 Å². The van der Waals surface area contributed by atoms with Crippen LogP contribution >= 0.6 is 0 Å². The maximum Gasteiger partial charge on any atom is 0.416 e. The zero-order valence-electron chi connectivity index (χ0n) is 17.7. The molecule has 2 rings (SSSR count). The van der Waals surface area contributed by atoms with E-state index in [9.17, 15) is 26.6 Å². The van der Waals surface area contributed by atoms with Crippen molar-refractivity contribution in [2.24, 2.45) is 10.7 Å². The molecule has 0 saturated heterocycles. The third-order valence-corrected chi connectivity index (χ3v) is 6.00. The van der Waals surface area contributed by atoms with Crippen LogP contribution in [0.2, 0.25) is 0 Å². The average molecular weight is 473 g/mol. The van der Waals surface area contributed by atoms with Crippen LogP contribution in [0.3, 0.4) is 0 Å². The predicted octanol–water partition coefficient (Wildman–Crippen LogP) is 4.13. The fourth-order valence-corrected chi connectivity index (χ4v) is 3.86. The van der Waals surface area contributed by atoms with Gasteiger partial charge in [0, 0.05) is 23.9 Å². The molecule has 1 heterocycles. The van der Waals surface area contributed by atoms with E-state index in [1.165, 1.54) is 36.5 Å². The van der Waals surface area contributed by atoms with Gasteiger partial charge >= 0.3 is 6.18 Å². The Balaban J connectivity index is 2.28. The first-order valence-corrected chi connectivity index (χ1v) is 10.9. The minimum absolute atomic E-state index is 0.00354. The Hall–Kier alpha value is -2.95. The lowest BCUT2D eigenvalue weighted by Gasteiger charge is -2.26. The molecule has 0 saturated carbocycles. The second-order valence-electron chi connectivity index (χ2n) is 6.82. The Morgan fingerprint density at radius 1 is 1.38 bits per heavy atom. The van der Waals surface area contributed by atoms with Crippen LogP contribution in [0.15, 0.2) is 58.6 Å². The average Bonchev–Trinajstić information content (AvgIpc) is 2.71. The second kappa shape index (κ2) is 10.6. The van der Waals surface area contributed by atoms with Crippen molar-refractivity contribution in [2.75, 3.05) is 18.1 Å². The van der Waals surface area contributed by atoms with Gasteiger partial charge < -0.3 is 11.1 Å². The highest BCUT2D eigenvalue weighted by atomic mass is 32.2. The second-order valence-corrected chi connectivity index (χ2v) is 8.35. The van der Waals surface area contributed by atoms with Gasteiger partial charge in [-0.2, -0.15) is 13.2 Å². The van der Waals surface area contributed by atoms with Gasteiger partial charge in [0.1, 0.15) is 16.8 Å². The number of allylic oxidation sites excluding steroid dienone is 4. The van der Waals surface area contributed by atoms with E-state index in [-0.39, 0.29) is 28.5 Å². The highest BCUT2D eigenvalue weighted by molar-refractivity contribution is 7.83. The van der Waals surface area contributed by atoms with Crippen molar-refractivity contribution in [3.05, 3.63) is 65.0 Å². The van der Waals surface area contributed by atoms with Crippen molar-refractivity contribution in [2.45, 2.75) is 32.5 Å². The van der Waals surface area contributed by atoms with Crippen LogP contribution < -0.4 is 11.1 Å². The van der Waals surface area contributed by atoms with E-state index in [0.29, 0.717) is 6.42 Å². The summed E-state index contributed by atoms with van der Waals surface area (Å²) in [4.78, 5) is 16.8. The molecule has 0 radical (unpaired) electrons. The number of nitrogens with zero attached hydrogens (tertiary/aromatic N) is 2. The van der Waals surface area contributed by atoms with Crippen molar-refractivity contribution in [3.63, 3.8) is 0 Å². The Kier molecular flexibility index (Phi) is 8.37. The zero-order valence-corrected chi connectivity index (χ0v) is 18.6. The lowest BCUT2D eigenvalue weighted by atomic mass is 10.1. The number of hydrogen-bond donors (Lipinski definition) is 2. The number of aliphatic imine (C=N–C) groups is 1. The quantitative estimate of drug-likeness (QED) is 0.371. The van der Waals surface area contributed by atoms with Crippen molar-refractivity contribution in [1.29, 1.82) is 0 Å². The van der Waals surface area contributed by atoms with Crippen molar-refractivity contribution in [3.8, 4) is 0 Å². The lowest BCUT2D eigenvalue weighted by Crippen LogP contribution is -2.41. The Bertz CT molecular complexity index is 1020. The third-order valence-electron chi connectivity index (χ3n) is 4.60. The monoisotopic (exact) mass is 472 g/mol. The molecule has 0 fully saturated rings. The molecule has 174 valence electrons. The number of benzene rings is 1. The van der Waals surface area contributed by atoms with E-state index in [1.54, 1.807) is 6.92 Å². The van der Waals surface area contributed by atoms with E-state index >= 15 is 0 Å². The number of carbonyl (C=O) groups excluding carboxylic acids is 1. The Morgan fingerprint density at radius 3 is 2.62 bits per heavy atom. The van der Waals surface area contributed by atoms with Gasteiger partial charge in [-0.25, -0.2) is 13.6 Å². The number of halogens is 4. The first-order chi connectivity index (χ1) is 15.0. The molecule has 2 atom stereocenters. The highest BCUT2D eigenvalue weighted by Crippen LogP contribution is 2.29. The summed E-state index contributed by atoms with van der Waals surface area (Å²) < 4.78 is 66.6. The molecule has 1 aliphatic rings. The van der Waals surface area contributed by atoms with Gasteiger partial charge in [0.15, 0.2) is 0 Å². The van der Waals surface area contributed by atoms with Gasteiger partial charge in [-0.1, -0.05) is 19.1 Å². The minimum atomic E-state index is -4.54. The number of carbonyl (C=O) groups is 1. The molecule has 1 aromatic rings. The molecule has 0 spiro atoms. The standard InChI is InChI=1S/C21H24F4N4O2S/c1-4-6-13(7-8-14(5-2)21(23,24)25)19(30)27-15-9-10-17(22)16(11-15)18-12-32(31)29(3)20(26)28-18/h5-11,18H,4,12H2,1-3H3,(H2,26,28)(H,27,30)/b8-7-,13-6-,14-5+. The molecule has 0 bridgehead atoms. The Labute approximate surface area is 186 Å². The smallest absolute Gasteiger partial charge is 0.369 e. The number of anilines is 1. The van der Waals surface area contributed by atoms with Gasteiger partial charge in [0.05, 0.1) is 17.4 Å². The summed E-state index contributed by atoms with van der Waals surface area (Å²) in [6.07, 6.45) is 0.155. The van der Waals surface area contributed by atoms with Crippen LogP contribution in [-0.2, 0) is 15.8 Å². The molecular weight excluding hydrogens is 448 g/mol. The van der Waals surface area contributed by atoms with Crippen LogP contribution in [0.1, 0.15) is 31.9 Å². The van der Waals surface area contributed by atoms with Crippen molar-refractivity contribution in [1.82, 2.24) is 4.31 Å². The normalized spacial score (nSPS) is 20.5. The van der Waals surface area contributed by atoms with E-state index in [1.807, 2.05) is 0 Å². The SMILES string of the molecule is C\C=C(/C=C\C(=C\CC)C(=O)Nc1ccc(F)c(C2CS(=O)N(C)C(N)=N2)c1)C(F)(F)F. The van der Waals surface area contributed by atoms with Gasteiger partial charge in [0.2, 0.25) is 5.96 Å². The molecule has 1 aromatic carbocycles. The summed E-state index contributed by atoms with van der Waals surface area (Å²) in [5, 5.41) is 2.55. The number of nitrogens with one attached hydrogen (secondary N) is 1. The summed E-state index contributed by atoms with van der Waals surface area (Å²) in [5.41, 5.74) is 5.17. The van der Waals surface area contributed by atoms with Crippen molar-refractivity contribution >= 4 is 28.5 Å². The summed E-state index contributed by atoms with van der Waals surface area (Å²) in [6, 6.07) is 2.98. The number of guanidine groups is 1. The van der Waals surface area contributed by atoms with Crippen molar-refractivity contribution < 1.29 is 26.6 Å². The molecule has 0 aliphatic carbocycles. The predicted molar refractivity (Wildman–Crippen MR) is 117 cm³/mol. The summed E-state index contributed by atoms with van der Waals surface area (Å²) >= 11 is 0. The Morgan fingerprint density at radius 2 is 2.06 bits per heavy atom. The summed E-state index contributed by atoms with van der Waals surface area (Å²) in [5.74, 6) is -1.26. The largest absolute Gasteiger partial charge is 0.416 e. The molecule has 1 amide bonds. The van der Waals surface area contributed by atoms with Gasteiger partial charge in [-0.3, -0.25) is 9.10 Å². The molecule has 32 heavy (non-hydrogen) atoms. The zero-order chi connectivity index (χ0) is 24.1. The molecule has 3 N–H and O–H groups in total. The van der Waals surface area contributed by atoms with Crippen LogP contribution in [-0.4, -0.2) is 39.4 Å². The molecule has 6 nitrogen and oxygen atoms in total. The van der Waals surface area contributed by atoms with E-state index in [2.05, 4.69) is 10.3 Å². The molecular formula is C21H24F4N4O2S. The molecule has 0 aromatic heterocycles. The van der Waals surface area contributed by atoms with Gasteiger partial charge in [-0.15, -0.1) is 0 Å². The van der Waals surface area contributed by atoms with E-state index in [0.717, 1.165) is 24.3 Å². The van der Waals surface area contributed by atoms with Crippen LogP contribution in [0.25, 0.3) is 0 Å². The number of alkyl halides is 3. The highest BCUT2D eigenvalue weighted by Gasteiger charge is 2.31. The molecule has 2 unspecified atom stereocenters. The fourth-order valence-electron chi connectivity index (χ4n) is 2.86. The number of hydrogen-bond acceptors (Lipinski definition) is 4. The summed E-state index contributed by atoms with van der Waals surface area (Å²) in [6.45, 7) is 2.99. The van der Waals surface area contributed by atoms with Crippen LogP contribution in [0.5, 0.6) is 0 Å². The first kappa shape index (κ1) is 25.3. The first-order valence-electron chi connectivity index (χ1n) is 9.65. The third kappa shape index (κ3) is 6.28. The van der Waals surface area contributed by atoms with E-state index in [4.69, 9.17) is 5.73 Å². The number of rotatable bonds is 6. The molecule has 1 aliphatic heterocycles. The van der Waals surface area contributed by atoms with E-state index < -0.39 is 40.5 Å². The summed E-state index contributed by atoms with van der Waals surface area (Å²) in [7, 11) is 0.0163. The fraction of sp³-hybridized carbons (Fsp3) is 0.333. The van der Waals surface area contributed by atoms with Crippen LogP contribution in [0.4, 0.5) is 23.2 Å².